The van der Waals surface area contributed by atoms with Crippen LogP contribution in [0.25, 0.3) is 0 Å². The number of benzene rings is 1. The molecule has 0 radical (unpaired) electrons. The summed E-state index contributed by atoms with van der Waals surface area (Å²) >= 11 is 0. The zero-order valence-corrected chi connectivity index (χ0v) is 17.1. The third kappa shape index (κ3) is 6.20. The van der Waals surface area contributed by atoms with E-state index < -0.39 is 5.91 Å². The van der Waals surface area contributed by atoms with E-state index in [1.807, 2.05) is 26.0 Å². The predicted molar refractivity (Wildman–Crippen MR) is 109 cm³/mol. The lowest BCUT2D eigenvalue weighted by Gasteiger charge is -2.21. The minimum Gasteiger partial charge on any atom is -0.469 e. The van der Waals surface area contributed by atoms with Gasteiger partial charge in [-0.25, -0.2) is 4.99 Å². The maximum absolute atomic E-state index is 11.9. The minimum absolute atomic E-state index is 0.165. The topological polar surface area (TPSA) is 126 Å². The second kappa shape index (κ2) is 10.4. The molecule has 1 fully saturated rings. The summed E-state index contributed by atoms with van der Waals surface area (Å²) < 4.78 is 4.90. The summed E-state index contributed by atoms with van der Waals surface area (Å²) in [5.74, 6) is -0.375. The molecule has 0 aromatic heterocycles. The summed E-state index contributed by atoms with van der Waals surface area (Å²) in [4.78, 5) is 41.4. The van der Waals surface area contributed by atoms with Gasteiger partial charge in [0.1, 0.15) is 0 Å². The van der Waals surface area contributed by atoms with E-state index in [9.17, 15) is 14.4 Å². The van der Waals surface area contributed by atoms with Gasteiger partial charge in [-0.05, 0) is 30.5 Å². The highest BCUT2D eigenvalue weighted by Gasteiger charge is 2.36. The number of esters is 1. The Morgan fingerprint density at radius 3 is 2.48 bits per heavy atom. The smallest absolute Gasteiger partial charge is 0.310 e. The van der Waals surface area contributed by atoms with Crippen LogP contribution >= 0.6 is 0 Å². The first-order chi connectivity index (χ1) is 13.8. The molecular formula is C20H29N5O4. The fourth-order valence-electron chi connectivity index (χ4n) is 3.22. The van der Waals surface area contributed by atoms with Crippen molar-refractivity contribution in [2.75, 3.05) is 33.3 Å². The summed E-state index contributed by atoms with van der Waals surface area (Å²) in [7, 11) is 1.41. The van der Waals surface area contributed by atoms with Gasteiger partial charge < -0.3 is 26.0 Å². The van der Waals surface area contributed by atoms with Crippen molar-refractivity contribution >= 4 is 23.7 Å². The van der Waals surface area contributed by atoms with Crippen LogP contribution in [0.2, 0.25) is 0 Å². The average Bonchev–Trinajstić information content (AvgIpc) is 3.10. The Bertz CT molecular complexity index is 763. The average molecular weight is 403 g/mol. The molecule has 9 nitrogen and oxygen atoms in total. The molecule has 1 aromatic rings. The van der Waals surface area contributed by atoms with Gasteiger partial charge >= 0.3 is 5.97 Å². The third-order valence-electron chi connectivity index (χ3n) is 4.80. The molecule has 2 unspecified atom stereocenters. The van der Waals surface area contributed by atoms with Crippen LogP contribution in [0, 0.1) is 11.8 Å². The lowest BCUT2D eigenvalue weighted by Crippen LogP contribution is -2.40. The van der Waals surface area contributed by atoms with Crippen LogP contribution in [0.3, 0.4) is 0 Å². The maximum atomic E-state index is 11.9. The van der Waals surface area contributed by atoms with Gasteiger partial charge in [0.05, 0.1) is 26.1 Å². The van der Waals surface area contributed by atoms with Crippen molar-refractivity contribution in [3.8, 4) is 0 Å². The largest absolute Gasteiger partial charge is 0.469 e. The molecule has 1 heterocycles. The van der Waals surface area contributed by atoms with Crippen LogP contribution in [-0.4, -0.2) is 61.9 Å². The molecule has 29 heavy (non-hydrogen) atoms. The molecule has 1 aromatic carbocycles. The highest BCUT2D eigenvalue weighted by atomic mass is 16.5. The molecule has 4 N–H and O–H groups in total. The number of ether oxygens (including phenoxy) is 1. The van der Waals surface area contributed by atoms with Gasteiger partial charge in [0.25, 0.3) is 5.91 Å². The van der Waals surface area contributed by atoms with E-state index in [0.717, 1.165) is 18.1 Å². The number of hydrogen-bond donors (Lipinski definition) is 3. The summed E-state index contributed by atoms with van der Waals surface area (Å²) in [6.45, 7) is 6.27. The van der Waals surface area contributed by atoms with Gasteiger partial charge in [0.2, 0.25) is 5.91 Å². The highest BCUT2D eigenvalue weighted by Crippen LogP contribution is 2.24. The normalized spacial score (nSPS) is 19.0. The monoisotopic (exact) mass is 403 g/mol. The molecule has 1 aliphatic heterocycles. The van der Waals surface area contributed by atoms with Gasteiger partial charge in [-0.3, -0.25) is 14.4 Å². The van der Waals surface area contributed by atoms with Crippen LogP contribution in [0.15, 0.2) is 29.3 Å². The number of nitrogens with two attached hydrogens (primary N) is 1. The van der Waals surface area contributed by atoms with Crippen LogP contribution in [0.5, 0.6) is 0 Å². The molecule has 1 saturated heterocycles. The number of amides is 2. The molecule has 0 bridgehead atoms. The molecule has 158 valence electrons. The van der Waals surface area contributed by atoms with Crippen LogP contribution in [-0.2, 0) is 20.9 Å². The van der Waals surface area contributed by atoms with Crippen molar-refractivity contribution in [3.05, 3.63) is 35.4 Å². The fourth-order valence-corrected chi connectivity index (χ4v) is 3.22. The first kappa shape index (κ1) is 22.2. The van der Waals surface area contributed by atoms with E-state index in [-0.39, 0.29) is 30.3 Å². The Morgan fingerprint density at radius 2 is 1.90 bits per heavy atom. The first-order valence-electron chi connectivity index (χ1n) is 9.62. The number of guanidine groups is 1. The number of rotatable bonds is 7. The molecule has 2 atom stereocenters. The zero-order valence-electron chi connectivity index (χ0n) is 17.1. The van der Waals surface area contributed by atoms with Gasteiger partial charge in [-0.1, -0.05) is 19.1 Å². The molecule has 0 spiro atoms. The van der Waals surface area contributed by atoms with Crippen molar-refractivity contribution in [2.45, 2.75) is 20.4 Å². The Morgan fingerprint density at radius 1 is 1.21 bits per heavy atom. The van der Waals surface area contributed by atoms with Gasteiger partial charge in [-0.15, -0.1) is 0 Å². The Labute approximate surface area is 170 Å². The van der Waals surface area contributed by atoms with Crippen molar-refractivity contribution in [3.63, 3.8) is 0 Å². The van der Waals surface area contributed by atoms with Crippen molar-refractivity contribution in [2.24, 2.45) is 22.6 Å². The van der Waals surface area contributed by atoms with E-state index in [0.29, 0.717) is 25.2 Å². The molecule has 9 heteroatoms. The summed E-state index contributed by atoms with van der Waals surface area (Å²) in [6.07, 6.45) is 0. The Kier molecular flexibility index (Phi) is 7.99. The number of primary amides is 1. The molecule has 0 saturated carbocycles. The fraction of sp³-hybridized carbons (Fsp3) is 0.500. The van der Waals surface area contributed by atoms with Crippen LogP contribution in [0.1, 0.15) is 29.8 Å². The van der Waals surface area contributed by atoms with E-state index in [1.165, 1.54) is 7.11 Å². The third-order valence-corrected chi connectivity index (χ3v) is 4.80. The number of hydrogen-bond acceptors (Lipinski definition) is 5. The van der Waals surface area contributed by atoms with Crippen molar-refractivity contribution < 1.29 is 19.1 Å². The number of carbonyl (C=O) groups excluding carboxylic acids is 3. The predicted octanol–water partition coefficient (Wildman–Crippen LogP) is 0.108. The molecule has 2 rings (SSSR count). The number of methoxy groups -OCH3 is 1. The second-order valence-corrected chi connectivity index (χ2v) is 7.03. The molecule has 2 amide bonds. The summed E-state index contributed by atoms with van der Waals surface area (Å²) in [6, 6.07) is 6.99. The number of carbonyl (C=O) groups is 3. The SMILES string of the molecule is CCNC(=NCc1ccc(C(=O)NCC(N)=O)cc1)N1CC(C)C(C(=O)OC)C1. The van der Waals surface area contributed by atoms with E-state index in [2.05, 4.69) is 20.5 Å². The van der Waals surface area contributed by atoms with Crippen LogP contribution in [0.4, 0.5) is 0 Å². The quantitative estimate of drug-likeness (QED) is 0.337. The van der Waals surface area contributed by atoms with Gasteiger partial charge in [-0.2, -0.15) is 0 Å². The highest BCUT2D eigenvalue weighted by molar-refractivity contribution is 5.96. The maximum Gasteiger partial charge on any atom is 0.310 e. The lowest BCUT2D eigenvalue weighted by atomic mass is 9.99. The Balaban J connectivity index is 2.02. The lowest BCUT2D eigenvalue weighted by molar-refractivity contribution is -0.146. The van der Waals surface area contributed by atoms with Crippen LogP contribution < -0.4 is 16.4 Å². The second-order valence-electron chi connectivity index (χ2n) is 7.03. The van der Waals surface area contributed by atoms with Gasteiger partial charge in [0, 0.05) is 25.2 Å². The molecule has 0 aliphatic carbocycles. The summed E-state index contributed by atoms with van der Waals surface area (Å²) in [5.41, 5.74) is 6.40. The number of aliphatic imine (C=N–C) groups is 1. The van der Waals surface area contributed by atoms with Gasteiger partial charge in [0.15, 0.2) is 5.96 Å². The minimum atomic E-state index is -0.592. The standard InChI is InChI=1S/C20H29N5O4/c1-4-22-20(25-11-13(2)16(12-25)19(28)29-3)24-9-14-5-7-15(8-6-14)18(27)23-10-17(21)26/h5-8,13,16H,4,9-12H2,1-3H3,(H2,21,26)(H,22,24)(H,23,27). The molecule has 1 aliphatic rings. The van der Waals surface area contributed by atoms with Crippen molar-refractivity contribution in [1.29, 1.82) is 0 Å². The summed E-state index contributed by atoms with van der Waals surface area (Å²) in [5, 5.41) is 5.71. The van der Waals surface area contributed by atoms with Crippen molar-refractivity contribution in [1.82, 2.24) is 15.5 Å². The number of nitrogens with zero attached hydrogens (tertiary/aromatic N) is 2. The zero-order chi connectivity index (χ0) is 21.4. The molecular weight excluding hydrogens is 374 g/mol. The van der Waals surface area contributed by atoms with E-state index in [1.54, 1.807) is 12.1 Å². The Hall–Kier alpha value is -3.10. The number of likely N-dealkylation sites (tertiary alicyclic amines) is 1. The first-order valence-corrected chi connectivity index (χ1v) is 9.62. The number of nitrogens with one attached hydrogen (secondary N) is 2. The van der Waals surface area contributed by atoms with E-state index in [4.69, 9.17) is 10.5 Å². The van der Waals surface area contributed by atoms with E-state index >= 15 is 0 Å².